The van der Waals surface area contributed by atoms with Crippen LogP contribution in [0.3, 0.4) is 0 Å². The minimum Gasteiger partial charge on any atom is -0.379 e. The van der Waals surface area contributed by atoms with Crippen LogP contribution in [0.2, 0.25) is 0 Å². The smallest absolute Gasteiger partial charge is 0.251 e. The molecule has 1 atom stereocenters. The zero-order valence-corrected chi connectivity index (χ0v) is 17.0. The molecule has 0 radical (unpaired) electrons. The number of nitrogens with one attached hydrogen (secondary N) is 1. The lowest BCUT2D eigenvalue weighted by Crippen LogP contribution is -2.40. The Morgan fingerprint density at radius 2 is 1.82 bits per heavy atom. The highest BCUT2D eigenvalue weighted by Gasteiger charge is 2.27. The molecular weight excluding hydrogens is 376 g/mol. The molecule has 1 saturated heterocycles. The number of morpholine rings is 1. The molecule has 7 heteroatoms. The molecule has 1 N–H and O–H groups in total. The van der Waals surface area contributed by atoms with Crippen LogP contribution in [0, 0.1) is 0 Å². The molecule has 3 rings (SSSR count). The highest BCUT2D eigenvalue weighted by molar-refractivity contribution is 7.89. The molecule has 28 heavy (non-hydrogen) atoms. The van der Waals surface area contributed by atoms with Crippen LogP contribution in [0.25, 0.3) is 0 Å². The van der Waals surface area contributed by atoms with Gasteiger partial charge in [0.1, 0.15) is 0 Å². The normalized spacial score (nSPS) is 16.5. The van der Waals surface area contributed by atoms with E-state index in [9.17, 15) is 13.2 Å². The highest BCUT2D eigenvalue weighted by atomic mass is 32.2. The van der Waals surface area contributed by atoms with Gasteiger partial charge >= 0.3 is 0 Å². The molecule has 2 aromatic rings. The fourth-order valence-electron chi connectivity index (χ4n) is 3.14. The van der Waals surface area contributed by atoms with E-state index in [4.69, 9.17) is 4.74 Å². The van der Waals surface area contributed by atoms with Crippen LogP contribution in [0.1, 0.15) is 41.4 Å². The molecule has 0 spiro atoms. The Bertz CT molecular complexity index is 920. The minimum absolute atomic E-state index is 0.127. The van der Waals surface area contributed by atoms with Crippen molar-refractivity contribution in [2.45, 2.75) is 31.2 Å². The predicted octanol–water partition coefficient (Wildman–Crippen LogP) is 2.76. The summed E-state index contributed by atoms with van der Waals surface area (Å²) in [6.45, 7) is 5.42. The molecule has 0 aromatic heterocycles. The van der Waals surface area contributed by atoms with Crippen molar-refractivity contribution in [3.05, 3.63) is 65.2 Å². The first-order valence-electron chi connectivity index (χ1n) is 9.49. The van der Waals surface area contributed by atoms with E-state index >= 15 is 0 Å². The third-order valence-electron chi connectivity index (χ3n) is 4.94. The summed E-state index contributed by atoms with van der Waals surface area (Å²) in [5, 5.41) is 2.94. The Morgan fingerprint density at radius 3 is 2.46 bits per heavy atom. The van der Waals surface area contributed by atoms with Crippen LogP contribution in [0.5, 0.6) is 0 Å². The monoisotopic (exact) mass is 402 g/mol. The third-order valence-corrected chi connectivity index (χ3v) is 6.83. The van der Waals surface area contributed by atoms with Crippen molar-refractivity contribution in [2.75, 3.05) is 26.3 Å². The predicted molar refractivity (Wildman–Crippen MR) is 108 cm³/mol. The van der Waals surface area contributed by atoms with E-state index in [1.165, 1.54) is 22.0 Å². The maximum atomic E-state index is 12.8. The number of amides is 1. The summed E-state index contributed by atoms with van der Waals surface area (Å²) in [4.78, 5) is 12.8. The molecule has 1 amide bonds. The van der Waals surface area contributed by atoms with Gasteiger partial charge in [-0.1, -0.05) is 37.3 Å². The van der Waals surface area contributed by atoms with Gasteiger partial charge in [0.05, 0.1) is 24.2 Å². The lowest BCUT2D eigenvalue weighted by atomic mass is 10.0. The molecule has 1 aliphatic heterocycles. The SMILES string of the molecule is CCc1ccc([C@H](C)NC(=O)c2cccc(S(=O)(=O)N3CCOCC3)c2)cc1. The standard InChI is InChI=1S/C21H26N2O4S/c1-3-17-7-9-18(10-8-17)16(2)22-21(24)19-5-4-6-20(15-19)28(25,26)23-11-13-27-14-12-23/h4-10,15-16H,3,11-14H2,1-2H3,(H,22,24)/t16-/m0/s1. The largest absolute Gasteiger partial charge is 0.379 e. The number of benzene rings is 2. The summed E-state index contributed by atoms with van der Waals surface area (Å²) in [6, 6.07) is 14.1. The second-order valence-electron chi connectivity index (χ2n) is 6.83. The summed E-state index contributed by atoms with van der Waals surface area (Å²) in [6.07, 6.45) is 0.964. The number of hydrogen-bond acceptors (Lipinski definition) is 4. The molecule has 2 aromatic carbocycles. The van der Waals surface area contributed by atoms with Gasteiger partial charge in [0.15, 0.2) is 0 Å². The van der Waals surface area contributed by atoms with Crippen molar-refractivity contribution in [1.29, 1.82) is 0 Å². The average molecular weight is 403 g/mol. The van der Waals surface area contributed by atoms with Gasteiger partial charge in [-0.05, 0) is 42.7 Å². The molecule has 6 nitrogen and oxygen atoms in total. The molecule has 0 bridgehead atoms. The number of hydrogen-bond donors (Lipinski definition) is 1. The van der Waals surface area contributed by atoms with Gasteiger partial charge in [0.25, 0.3) is 5.91 Å². The lowest BCUT2D eigenvalue weighted by Gasteiger charge is -2.26. The Kier molecular flexibility index (Phi) is 6.49. The zero-order chi connectivity index (χ0) is 20.1. The second kappa shape index (κ2) is 8.86. The maximum absolute atomic E-state index is 12.8. The van der Waals surface area contributed by atoms with E-state index in [0.29, 0.717) is 31.9 Å². The number of nitrogens with zero attached hydrogens (tertiary/aromatic N) is 1. The van der Waals surface area contributed by atoms with E-state index in [0.717, 1.165) is 12.0 Å². The summed E-state index contributed by atoms with van der Waals surface area (Å²) in [7, 11) is -3.63. The molecule has 150 valence electrons. The summed E-state index contributed by atoms with van der Waals surface area (Å²) < 4.78 is 32.2. The quantitative estimate of drug-likeness (QED) is 0.806. The first kappa shape index (κ1) is 20.5. The van der Waals surface area contributed by atoms with Gasteiger partial charge in [-0.2, -0.15) is 4.31 Å². The van der Waals surface area contributed by atoms with E-state index in [2.05, 4.69) is 12.2 Å². The highest BCUT2D eigenvalue weighted by Crippen LogP contribution is 2.19. The van der Waals surface area contributed by atoms with E-state index in [1.54, 1.807) is 12.1 Å². The van der Waals surface area contributed by atoms with Gasteiger partial charge in [0, 0.05) is 18.7 Å². The molecule has 1 fully saturated rings. The number of carbonyl (C=O) groups excluding carboxylic acids is 1. The number of carbonyl (C=O) groups is 1. The zero-order valence-electron chi connectivity index (χ0n) is 16.2. The topological polar surface area (TPSA) is 75.7 Å². The van der Waals surface area contributed by atoms with Gasteiger partial charge in [0.2, 0.25) is 10.0 Å². The molecule has 1 aliphatic rings. The summed E-state index contributed by atoms with van der Waals surface area (Å²) in [5.41, 5.74) is 2.57. The van der Waals surface area contributed by atoms with E-state index < -0.39 is 10.0 Å². The number of rotatable bonds is 6. The molecule has 1 heterocycles. The molecule has 0 saturated carbocycles. The summed E-state index contributed by atoms with van der Waals surface area (Å²) >= 11 is 0. The fraction of sp³-hybridized carbons (Fsp3) is 0.381. The number of ether oxygens (including phenoxy) is 1. The Morgan fingerprint density at radius 1 is 1.14 bits per heavy atom. The van der Waals surface area contributed by atoms with Crippen LogP contribution in [-0.2, 0) is 21.2 Å². The van der Waals surface area contributed by atoms with Crippen molar-refractivity contribution < 1.29 is 17.9 Å². The van der Waals surface area contributed by atoms with Gasteiger partial charge in [-0.3, -0.25) is 4.79 Å². The van der Waals surface area contributed by atoms with Crippen molar-refractivity contribution in [1.82, 2.24) is 9.62 Å². The summed E-state index contributed by atoms with van der Waals surface area (Å²) in [5.74, 6) is -0.300. The lowest BCUT2D eigenvalue weighted by molar-refractivity contribution is 0.0730. The van der Waals surface area contributed by atoms with Crippen molar-refractivity contribution in [3.8, 4) is 0 Å². The molecular formula is C21H26N2O4S. The first-order chi connectivity index (χ1) is 13.4. The van der Waals surface area contributed by atoms with Crippen LogP contribution >= 0.6 is 0 Å². The first-order valence-corrected chi connectivity index (χ1v) is 10.9. The Balaban J connectivity index is 1.74. The van der Waals surface area contributed by atoms with Gasteiger partial charge < -0.3 is 10.1 Å². The van der Waals surface area contributed by atoms with Crippen molar-refractivity contribution in [3.63, 3.8) is 0 Å². The maximum Gasteiger partial charge on any atom is 0.251 e. The number of aryl methyl sites for hydroxylation is 1. The Labute approximate surface area is 166 Å². The molecule has 0 unspecified atom stereocenters. The van der Waals surface area contributed by atoms with Gasteiger partial charge in [-0.15, -0.1) is 0 Å². The minimum atomic E-state index is -3.63. The van der Waals surface area contributed by atoms with E-state index in [1.807, 2.05) is 31.2 Å². The van der Waals surface area contributed by atoms with E-state index in [-0.39, 0.29) is 16.8 Å². The van der Waals surface area contributed by atoms with Crippen LogP contribution in [-0.4, -0.2) is 44.9 Å². The van der Waals surface area contributed by atoms with Crippen LogP contribution in [0.4, 0.5) is 0 Å². The number of sulfonamides is 1. The fourth-order valence-corrected chi connectivity index (χ4v) is 4.59. The van der Waals surface area contributed by atoms with Crippen molar-refractivity contribution in [2.24, 2.45) is 0 Å². The van der Waals surface area contributed by atoms with Gasteiger partial charge in [-0.25, -0.2) is 8.42 Å². The average Bonchev–Trinajstić information content (AvgIpc) is 2.74. The Hall–Kier alpha value is -2.22. The van der Waals surface area contributed by atoms with Crippen LogP contribution in [0.15, 0.2) is 53.4 Å². The van der Waals surface area contributed by atoms with Crippen LogP contribution < -0.4 is 5.32 Å². The third kappa shape index (κ3) is 4.60. The van der Waals surface area contributed by atoms with Crippen molar-refractivity contribution >= 4 is 15.9 Å². The second-order valence-corrected chi connectivity index (χ2v) is 8.77. The molecule has 0 aliphatic carbocycles.